The number of rotatable bonds is 8. The summed E-state index contributed by atoms with van der Waals surface area (Å²) in [6.45, 7) is 13.2. The predicted octanol–water partition coefficient (Wildman–Crippen LogP) is 5.52. The quantitative estimate of drug-likeness (QED) is 0.329. The van der Waals surface area contributed by atoms with Gasteiger partial charge in [0.25, 0.3) is 8.32 Å². The molecule has 0 N–H and O–H groups in total. The van der Waals surface area contributed by atoms with E-state index in [1.54, 1.807) is 31.9 Å². The molecule has 0 bridgehead atoms. The van der Waals surface area contributed by atoms with Crippen molar-refractivity contribution < 1.29 is 18.7 Å². The van der Waals surface area contributed by atoms with Crippen molar-refractivity contribution in [1.82, 2.24) is 0 Å². The summed E-state index contributed by atoms with van der Waals surface area (Å²) in [5, 5.41) is 0.0974. The van der Waals surface area contributed by atoms with Gasteiger partial charge in [-0.25, -0.2) is 4.79 Å². The van der Waals surface area contributed by atoms with Crippen LogP contribution < -0.4 is 9.16 Å². The van der Waals surface area contributed by atoms with Gasteiger partial charge in [-0.05, 0) is 60.6 Å². The zero-order valence-corrected chi connectivity index (χ0v) is 19.1. The van der Waals surface area contributed by atoms with Crippen LogP contribution in [0.5, 0.6) is 11.5 Å². The van der Waals surface area contributed by atoms with Gasteiger partial charge in [-0.3, -0.25) is 0 Å². The second-order valence-electron chi connectivity index (χ2n) is 7.58. The number of hydrogen-bond acceptors (Lipinski definition) is 5. The first kappa shape index (κ1) is 22.6. The lowest BCUT2D eigenvalue weighted by molar-refractivity contribution is -0.137. The number of thioether (sulfide) groups is 1. The van der Waals surface area contributed by atoms with Crippen LogP contribution in [0.3, 0.4) is 0 Å². The van der Waals surface area contributed by atoms with Crippen LogP contribution in [0.15, 0.2) is 18.2 Å². The van der Waals surface area contributed by atoms with E-state index in [0.29, 0.717) is 12.4 Å². The van der Waals surface area contributed by atoms with Gasteiger partial charge in [0.1, 0.15) is 5.75 Å². The van der Waals surface area contributed by atoms with Crippen molar-refractivity contribution in [3.05, 3.63) is 29.3 Å². The molecule has 0 spiro atoms. The molecule has 0 unspecified atom stereocenters. The van der Waals surface area contributed by atoms with Gasteiger partial charge in [0.05, 0.1) is 13.7 Å². The van der Waals surface area contributed by atoms with E-state index in [4.69, 9.17) is 13.9 Å². The summed E-state index contributed by atoms with van der Waals surface area (Å²) < 4.78 is 17.0. The lowest BCUT2D eigenvalue weighted by Crippen LogP contribution is -2.44. The van der Waals surface area contributed by atoms with Crippen LogP contribution in [0, 0.1) is 0 Å². The minimum atomic E-state index is -1.98. The van der Waals surface area contributed by atoms with Crippen molar-refractivity contribution in [3.8, 4) is 11.5 Å². The molecule has 0 aliphatic carbocycles. The Morgan fingerprint density at radius 1 is 1.23 bits per heavy atom. The Kier molecular flexibility index (Phi) is 8.28. The average molecular weight is 397 g/mol. The second-order valence-corrected chi connectivity index (χ2v) is 13.2. The summed E-state index contributed by atoms with van der Waals surface area (Å²) in [5.41, 5.74) is 2.04. The van der Waals surface area contributed by atoms with E-state index in [1.807, 2.05) is 12.1 Å². The van der Waals surface area contributed by atoms with Crippen molar-refractivity contribution >= 4 is 32.1 Å². The number of hydrogen-bond donors (Lipinski definition) is 0. The Bertz CT molecular complexity index is 648. The van der Waals surface area contributed by atoms with E-state index in [2.05, 4.69) is 40.1 Å². The van der Waals surface area contributed by atoms with Crippen molar-refractivity contribution in [2.45, 2.75) is 51.6 Å². The highest BCUT2D eigenvalue weighted by Gasteiger charge is 2.39. The molecule has 0 radical (unpaired) electrons. The molecule has 1 aromatic rings. The minimum Gasteiger partial charge on any atom is -0.541 e. The number of carbonyl (C=O) groups is 1. The Hall–Kier alpha value is -1.40. The molecule has 4 nitrogen and oxygen atoms in total. The topological polar surface area (TPSA) is 44.8 Å². The molecule has 6 heteroatoms. The molecule has 0 atom stereocenters. The van der Waals surface area contributed by atoms with Crippen molar-refractivity contribution in [2.24, 2.45) is 0 Å². The molecule has 0 amide bonds. The van der Waals surface area contributed by atoms with Gasteiger partial charge in [-0.1, -0.05) is 20.8 Å². The molecule has 0 heterocycles. The van der Waals surface area contributed by atoms with Crippen LogP contribution in [0.25, 0.3) is 6.08 Å². The Balaban J connectivity index is 3.30. The number of ether oxygens (including phenoxy) is 2. The van der Waals surface area contributed by atoms with Crippen LogP contribution in [-0.2, 0) is 15.3 Å². The second kappa shape index (κ2) is 9.51. The maximum atomic E-state index is 11.6. The summed E-state index contributed by atoms with van der Waals surface area (Å²) in [6, 6.07) is 3.98. The van der Waals surface area contributed by atoms with Gasteiger partial charge < -0.3 is 13.9 Å². The monoisotopic (exact) mass is 396 g/mol. The average Bonchev–Trinajstić information content (AvgIpc) is 2.53. The maximum Gasteiger partial charge on any atom is 0.330 e. The summed E-state index contributed by atoms with van der Waals surface area (Å²) in [7, 11) is -0.343. The zero-order valence-electron chi connectivity index (χ0n) is 17.3. The minimum absolute atomic E-state index is 0.0974. The fraction of sp³-hybridized carbons (Fsp3) is 0.550. The van der Waals surface area contributed by atoms with Gasteiger partial charge in [0, 0.05) is 11.8 Å². The van der Waals surface area contributed by atoms with E-state index < -0.39 is 8.32 Å². The van der Waals surface area contributed by atoms with E-state index in [-0.39, 0.29) is 11.0 Å². The molecule has 1 rings (SSSR count). The van der Waals surface area contributed by atoms with Gasteiger partial charge in [0.2, 0.25) is 0 Å². The molecular weight excluding hydrogens is 364 g/mol. The maximum absolute atomic E-state index is 11.6. The molecule has 26 heavy (non-hydrogen) atoms. The first-order valence-corrected chi connectivity index (χ1v) is 13.1. The lowest BCUT2D eigenvalue weighted by atomic mass is 10.1. The third kappa shape index (κ3) is 6.09. The highest BCUT2D eigenvalue weighted by molar-refractivity contribution is 7.97. The largest absolute Gasteiger partial charge is 0.541 e. The number of benzene rings is 1. The van der Waals surface area contributed by atoms with Crippen LogP contribution >= 0.6 is 11.8 Å². The summed E-state index contributed by atoms with van der Waals surface area (Å²) in [6.07, 6.45) is 5.29. The Morgan fingerprint density at radius 3 is 2.38 bits per heavy atom. The molecule has 0 aliphatic heterocycles. The first-order chi connectivity index (χ1) is 12.1. The molecule has 0 aliphatic rings. The van der Waals surface area contributed by atoms with Crippen molar-refractivity contribution in [1.29, 1.82) is 0 Å². The summed E-state index contributed by atoms with van der Waals surface area (Å²) >= 11 is 1.72. The number of esters is 1. The summed E-state index contributed by atoms with van der Waals surface area (Å²) in [4.78, 5) is 11.6. The smallest absolute Gasteiger partial charge is 0.330 e. The lowest BCUT2D eigenvalue weighted by Gasteiger charge is -2.37. The Labute approximate surface area is 163 Å². The van der Waals surface area contributed by atoms with Crippen LogP contribution in [0.2, 0.25) is 18.1 Å². The number of carbonyl (C=O) groups excluding carboxylic acids is 1. The normalized spacial score (nSPS) is 12.3. The van der Waals surface area contributed by atoms with E-state index in [1.165, 1.54) is 6.08 Å². The molecule has 1 aromatic carbocycles. The summed E-state index contributed by atoms with van der Waals surface area (Å²) in [5.74, 6) is 1.93. The van der Waals surface area contributed by atoms with E-state index in [9.17, 15) is 4.79 Å². The third-order valence-corrected chi connectivity index (χ3v) is 9.52. The van der Waals surface area contributed by atoms with E-state index in [0.717, 1.165) is 22.6 Å². The molecule has 0 fully saturated rings. The van der Waals surface area contributed by atoms with E-state index >= 15 is 0 Å². The highest BCUT2D eigenvalue weighted by atomic mass is 32.2. The standard InChI is InChI=1S/C20H32O4SSi/c1-9-23-19(21)11-10-15-12-17(22-5)18(13-16(15)14-25-6)24-26(7,8)20(2,3)4/h10-13H,9,14H2,1-8H3/b11-10+. The highest BCUT2D eigenvalue weighted by Crippen LogP contribution is 2.41. The Morgan fingerprint density at radius 2 is 1.88 bits per heavy atom. The van der Waals surface area contributed by atoms with Gasteiger partial charge in [0.15, 0.2) is 5.75 Å². The molecule has 0 saturated carbocycles. The predicted molar refractivity (Wildman–Crippen MR) is 114 cm³/mol. The SMILES string of the molecule is CCOC(=O)/C=C/c1cc(OC)c(O[Si](C)(C)C(C)(C)C)cc1CSC. The van der Waals surface area contributed by atoms with Crippen LogP contribution in [0.1, 0.15) is 38.8 Å². The molecule has 146 valence electrons. The van der Waals surface area contributed by atoms with Crippen molar-refractivity contribution in [2.75, 3.05) is 20.0 Å². The number of methoxy groups -OCH3 is 1. The third-order valence-electron chi connectivity index (χ3n) is 4.58. The van der Waals surface area contributed by atoms with Crippen molar-refractivity contribution in [3.63, 3.8) is 0 Å². The van der Waals surface area contributed by atoms with Gasteiger partial charge >= 0.3 is 5.97 Å². The fourth-order valence-corrected chi connectivity index (χ4v) is 3.65. The molecule has 0 aromatic heterocycles. The zero-order chi connectivity index (χ0) is 20.0. The fourth-order valence-electron chi connectivity index (χ4n) is 2.07. The van der Waals surface area contributed by atoms with Crippen LogP contribution in [-0.4, -0.2) is 34.3 Å². The first-order valence-electron chi connectivity index (χ1n) is 8.79. The van der Waals surface area contributed by atoms with Crippen LogP contribution in [0.4, 0.5) is 0 Å². The van der Waals surface area contributed by atoms with Gasteiger partial charge in [-0.15, -0.1) is 0 Å². The molecule has 0 saturated heterocycles. The molecular formula is C20H32O4SSi. The van der Waals surface area contributed by atoms with Gasteiger partial charge in [-0.2, -0.15) is 11.8 Å².